The molecule has 0 bridgehead atoms. The highest BCUT2D eigenvalue weighted by atomic mass is 16.5. The molecule has 0 aromatic rings. The van der Waals surface area contributed by atoms with Gasteiger partial charge in [-0.1, -0.05) is 12.2 Å². The fourth-order valence-corrected chi connectivity index (χ4v) is 1.31. The predicted octanol–water partition coefficient (Wildman–Crippen LogP) is 1.72. The third kappa shape index (κ3) is 4.70. The van der Waals surface area contributed by atoms with Crippen molar-refractivity contribution >= 4 is 5.97 Å². The second-order valence-corrected chi connectivity index (χ2v) is 3.31. The van der Waals surface area contributed by atoms with Crippen molar-refractivity contribution in [2.24, 2.45) is 0 Å². The van der Waals surface area contributed by atoms with Crippen molar-refractivity contribution in [1.82, 2.24) is 4.90 Å². The minimum absolute atomic E-state index is 0.189. The number of esters is 1. The van der Waals surface area contributed by atoms with Crippen LogP contribution >= 0.6 is 0 Å². The molecule has 0 radical (unpaired) electrons. The monoisotopic (exact) mass is 195 g/mol. The largest absolute Gasteiger partial charge is 0.466 e. The maximum Gasteiger partial charge on any atom is 0.302 e. The van der Waals surface area contributed by atoms with E-state index in [9.17, 15) is 4.79 Å². The molecule has 0 atom stereocenters. The Bertz CT molecular complexity index is 233. The van der Waals surface area contributed by atoms with E-state index in [2.05, 4.69) is 23.3 Å². The maximum atomic E-state index is 10.5. The summed E-state index contributed by atoms with van der Waals surface area (Å²) in [4.78, 5) is 12.7. The Morgan fingerprint density at radius 3 is 2.93 bits per heavy atom. The Balaban J connectivity index is 1.96. The molecule has 0 spiro atoms. The first-order chi connectivity index (χ1) is 6.79. The molecule has 1 aliphatic rings. The molecule has 1 heterocycles. The molecule has 0 unspecified atom stereocenters. The van der Waals surface area contributed by atoms with E-state index >= 15 is 0 Å². The van der Waals surface area contributed by atoms with Crippen molar-refractivity contribution in [3.8, 4) is 0 Å². The predicted molar refractivity (Wildman–Crippen MR) is 55.7 cm³/mol. The Morgan fingerprint density at radius 1 is 1.43 bits per heavy atom. The highest BCUT2D eigenvalue weighted by Crippen LogP contribution is 2.01. The number of nitrogens with zero attached hydrogens (tertiary/aromatic N) is 1. The van der Waals surface area contributed by atoms with Crippen LogP contribution in [0.15, 0.2) is 24.4 Å². The third-order valence-corrected chi connectivity index (χ3v) is 2.03. The van der Waals surface area contributed by atoms with Gasteiger partial charge in [0, 0.05) is 20.0 Å². The van der Waals surface area contributed by atoms with Crippen LogP contribution in [0.3, 0.4) is 0 Å². The second-order valence-electron chi connectivity index (χ2n) is 3.31. The van der Waals surface area contributed by atoms with Crippen molar-refractivity contribution in [2.45, 2.75) is 19.8 Å². The number of allylic oxidation sites excluding steroid dienone is 2. The van der Waals surface area contributed by atoms with Gasteiger partial charge in [0.2, 0.25) is 0 Å². The van der Waals surface area contributed by atoms with Crippen molar-refractivity contribution in [3.63, 3.8) is 0 Å². The van der Waals surface area contributed by atoms with Gasteiger partial charge in [-0.25, -0.2) is 0 Å². The number of hydrogen-bond donors (Lipinski definition) is 0. The molecule has 0 aromatic carbocycles. The zero-order chi connectivity index (χ0) is 10.2. The van der Waals surface area contributed by atoms with Crippen LogP contribution in [0.2, 0.25) is 0 Å². The Morgan fingerprint density at radius 2 is 2.29 bits per heavy atom. The third-order valence-electron chi connectivity index (χ3n) is 2.03. The van der Waals surface area contributed by atoms with Crippen LogP contribution in [-0.2, 0) is 9.53 Å². The topological polar surface area (TPSA) is 29.5 Å². The van der Waals surface area contributed by atoms with E-state index in [1.807, 2.05) is 6.08 Å². The van der Waals surface area contributed by atoms with Crippen LogP contribution in [0.4, 0.5) is 0 Å². The normalized spacial score (nSPS) is 14.5. The number of carbonyl (C=O) groups is 1. The first kappa shape index (κ1) is 10.8. The van der Waals surface area contributed by atoms with Gasteiger partial charge < -0.3 is 9.64 Å². The number of carbonyl (C=O) groups excluding carboxylic acids is 1. The molecule has 78 valence electrons. The Hall–Kier alpha value is -1.25. The first-order valence-corrected chi connectivity index (χ1v) is 5.00. The highest BCUT2D eigenvalue weighted by molar-refractivity contribution is 5.65. The summed E-state index contributed by atoms with van der Waals surface area (Å²) in [5.41, 5.74) is 0. The summed E-state index contributed by atoms with van der Waals surface area (Å²) in [6.45, 7) is 4.01. The molecule has 14 heavy (non-hydrogen) atoms. The number of unbranched alkanes of at least 4 members (excludes halogenated alkanes) is 1. The smallest absolute Gasteiger partial charge is 0.302 e. The molecule has 3 nitrogen and oxygen atoms in total. The fraction of sp³-hybridized carbons (Fsp3) is 0.545. The molecule has 0 saturated carbocycles. The summed E-state index contributed by atoms with van der Waals surface area (Å²) in [7, 11) is 0. The summed E-state index contributed by atoms with van der Waals surface area (Å²) in [5.74, 6) is -0.189. The molecule has 3 heteroatoms. The van der Waals surface area contributed by atoms with Gasteiger partial charge in [-0.2, -0.15) is 0 Å². The zero-order valence-corrected chi connectivity index (χ0v) is 8.61. The van der Waals surface area contributed by atoms with Gasteiger partial charge in [0.1, 0.15) is 0 Å². The molecule has 0 aromatic heterocycles. The lowest BCUT2D eigenvalue weighted by molar-refractivity contribution is -0.141. The van der Waals surface area contributed by atoms with Gasteiger partial charge >= 0.3 is 5.97 Å². The van der Waals surface area contributed by atoms with Crippen molar-refractivity contribution in [2.75, 3.05) is 19.7 Å². The van der Waals surface area contributed by atoms with Gasteiger partial charge in [-0.3, -0.25) is 4.79 Å². The number of rotatable bonds is 5. The molecule has 1 aliphatic heterocycles. The minimum Gasteiger partial charge on any atom is -0.466 e. The first-order valence-electron chi connectivity index (χ1n) is 5.00. The lowest BCUT2D eigenvalue weighted by Crippen LogP contribution is -2.20. The molecular formula is C11H17NO2. The van der Waals surface area contributed by atoms with Crippen LogP contribution in [0.25, 0.3) is 0 Å². The SMILES string of the molecule is CC(=O)OCCCCN1C=CC=CC1. The van der Waals surface area contributed by atoms with E-state index in [1.54, 1.807) is 0 Å². The summed E-state index contributed by atoms with van der Waals surface area (Å²) >= 11 is 0. The van der Waals surface area contributed by atoms with Gasteiger partial charge in [0.15, 0.2) is 0 Å². The zero-order valence-electron chi connectivity index (χ0n) is 8.61. The minimum atomic E-state index is -0.189. The molecule has 0 aliphatic carbocycles. The Labute approximate surface area is 85.0 Å². The van der Waals surface area contributed by atoms with Crippen LogP contribution in [0.5, 0.6) is 0 Å². The molecule has 0 N–H and O–H groups in total. The fourth-order valence-electron chi connectivity index (χ4n) is 1.31. The van der Waals surface area contributed by atoms with Gasteiger partial charge in [0.05, 0.1) is 6.61 Å². The second kappa shape index (κ2) is 6.24. The van der Waals surface area contributed by atoms with Crippen molar-refractivity contribution < 1.29 is 9.53 Å². The molecule has 1 rings (SSSR count). The van der Waals surface area contributed by atoms with Gasteiger partial charge in [0.25, 0.3) is 0 Å². The Kier molecular flexibility index (Phi) is 4.83. The summed E-state index contributed by atoms with van der Waals surface area (Å²) in [6, 6.07) is 0. The average Bonchev–Trinajstić information content (AvgIpc) is 2.18. The van der Waals surface area contributed by atoms with Gasteiger partial charge in [-0.15, -0.1) is 0 Å². The summed E-state index contributed by atoms with van der Waals surface area (Å²) in [5, 5.41) is 0. The van der Waals surface area contributed by atoms with E-state index in [4.69, 9.17) is 4.74 Å². The van der Waals surface area contributed by atoms with E-state index < -0.39 is 0 Å². The lowest BCUT2D eigenvalue weighted by Gasteiger charge is -2.19. The molecule has 0 fully saturated rings. The summed E-state index contributed by atoms with van der Waals surface area (Å²) < 4.78 is 4.84. The van der Waals surface area contributed by atoms with Crippen molar-refractivity contribution in [3.05, 3.63) is 24.4 Å². The quantitative estimate of drug-likeness (QED) is 0.494. The van der Waals surface area contributed by atoms with E-state index in [0.29, 0.717) is 6.61 Å². The van der Waals surface area contributed by atoms with Crippen molar-refractivity contribution in [1.29, 1.82) is 0 Å². The standard InChI is InChI=1S/C11H17NO2/c1-11(13)14-10-6-5-9-12-7-3-2-4-8-12/h2-4,7H,5-6,8-10H2,1H3. The summed E-state index contributed by atoms with van der Waals surface area (Å²) in [6.07, 6.45) is 10.3. The molecule has 0 amide bonds. The van der Waals surface area contributed by atoms with E-state index in [0.717, 1.165) is 25.9 Å². The van der Waals surface area contributed by atoms with Crippen LogP contribution in [-0.4, -0.2) is 30.6 Å². The number of ether oxygens (including phenoxy) is 1. The van der Waals surface area contributed by atoms with E-state index in [1.165, 1.54) is 6.92 Å². The van der Waals surface area contributed by atoms with E-state index in [-0.39, 0.29) is 5.97 Å². The molecule has 0 saturated heterocycles. The lowest BCUT2D eigenvalue weighted by atomic mass is 10.3. The van der Waals surface area contributed by atoms with Crippen LogP contribution in [0.1, 0.15) is 19.8 Å². The maximum absolute atomic E-state index is 10.5. The van der Waals surface area contributed by atoms with Crippen LogP contribution in [0, 0.1) is 0 Å². The van der Waals surface area contributed by atoms with Gasteiger partial charge in [-0.05, 0) is 25.1 Å². The van der Waals surface area contributed by atoms with Crippen LogP contribution < -0.4 is 0 Å². The molecular weight excluding hydrogens is 178 g/mol. The number of hydrogen-bond acceptors (Lipinski definition) is 3. The average molecular weight is 195 g/mol. The highest BCUT2D eigenvalue weighted by Gasteiger charge is 1.99.